The number of non-ortho nitro benzene ring substituents is 1. The van der Waals surface area contributed by atoms with Crippen molar-refractivity contribution in [2.45, 2.75) is 0 Å². The maximum absolute atomic E-state index is 10.9. The summed E-state index contributed by atoms with van der Waals surface area (Å²) in [5.74, 6) is 0. The normalized spacial score (nSPS) is 10.0. The van der Waals surface area contributed by atoms with Crippen LogP contribution in [-0.4, -0.2) is 9.49 Å². The largest absolute Gasteiger partial charge is 0.323 e. The van der Waals surface area contributed by atoms with Crippen LogP contribution in [-0.2, 0) is 0 Å². The van der Waals surface area contributed by atoms with E-state index in [0.29, 0.717) is 5.69 Å². The number of rotatable bonds is 2. The first kappa shape index (κ1) is 10.1. The zero-order chi connectivity index (χ0) is 11.5. The topological polar surface area (TPSA) is 65.1 Å². The van der Waals surface area contributed by atoms with Crippen LogP contribution < -0.4 is 5.43 Å². The van der Waals surface area contributed by atoms with Crippen LogP contribution in [0.5, 0.6) is 0 Å². The summed E-state index contributed by atoms with van der Waals surface area (Å²) in [4.78, 5) is 21.0. The van der Waals surface area contributed by atoms with Crippen molar-refractivity contribution in [2.75, 3.05) is 0 Å². The summed E-state index contributed by atoms with van der Waals surface area (Å²) in [6, 6.07) is 9.01. The van der Waals surface area contributed by atoms with Crippen LogP contribution in [0.4, 0.5) is 5.69 Å². The van der Waals surface area contributed by atoms with E-state index in [4.69, 9.17) is 0 Å². The second-order valence-electron chi connectivity index (χ2n) is 3.22. The average Bonchev–Trinajstić information content (AvgIpc) is 2.30. The molecule has 0 saturated carbocycles. The molecule has 1 aromatic carbocycles. The molecule has 0 spiro atoms. The molecule has 0 unspecified atom stereocenters. The van der Waals surface area contributed by atoms with Crippen LogP contribution in [0.25, 0.3) is 5.69 Å². The fourth-order valence-electron chi connectivity index (χ4n) is 1.35. The average molecular weight is 216 g/mol. The lowest BCUT2D eigenvalue weighted by Crippen LogP contribution is -2.01. The van der Waals surface area contributed by atoms with Crippen LogP contribution in [0, 0.1) is 10.1 Å². The summed E-state index contributed by atoms with van der Waals surface area (Å²) >= 11 is 0. The first-order chi connectivity index (χ1) is 7.66. The maximum atomic E-state index is 10.9. The van der Waals surface area contributed by atoms with Gasteiger partial charge in [-0.05, 0) is 6.07 Å². The molecule has 80 valence electrons. The molecule has 0 atom stereocenters. The number of nitro benzene ring substituents is 1. The molecule has 0 radical (unpaired) electrons. The van der Waals surface area contributed by atoms with Crippen LogP contribution >= 0.6 is 0 Å². The molecule has 2 rings (SSSR count). The van der Waals surface area contributed by atoms with Gasteiger partial charge in [0, 0.05) is 36.7 Å². The molecule has 5 heteroatoms. The van der Waals surface area contributed by atoms with Crippen molar-refractivity contribution in [3.8, 4) is 5.69 Å². The molecule has 0 saturated heterocycles. The predicted octanol–water partition coefficient (Wildman–Crippen LogP) is 1.75. The molecule has 0 amide bonds. The molecule has 1 aromatic heterocycles. The second-order valence-corrected chi connectivity index (χ2v) is 3.22. The third-order valence-corrected chi connectivity index (χ3v) is 2.14. The van der Waals surface area contributed by atoms with Crippen molar-refractivity contribution < 1.29 is 4.92 Å². The minimum absolute atomic E-state index is 0.0243. The molecular weight excluding hydrogens is 208 g/mol. The molecule has 0 aliphatic rings. The number of aromatic nitrogens is 1. The number of pyridine rings is 1. The molecule has 5 nitrogen and oxygen atoms in total. The van der Waals surface area contributed by atoms with Crippen molar-refractivity contribution in [3.63, 3.8) is 0 Å². The SMILES string of the molecule is O=c1ccn(-c2cccc([N+](=O)[O-])c2)cc1. The van der Waals surface area contributed by atoms with E-state index in [1.807, 2.05) is 0 Å². The zero-order valence-corrected chi connectivity index (χ0v) is 8.24. The van der Waals surface area contributed by atoms with Crippen LogP contribution in [0.2, 0.25) is 0 Å². The Bertz CT molecular complexity index is 569. The van der Waals surface area contributed by atoms with Gasteiger partial charge < -0.3 is 4.57 Å². The van der Waals surface area contributed by atoms with E-state index in [-0.39, 0.29) is 11.1 Å². The quantitative estimate of drug-likeness (QED) is 0.567. The second kappa shape index (κ2) is 3.98. The van der Waals surface area contributed by atoms with E-state index in [1.54, 1.807) is 29.1 Å². The highest BCUT2D eigenvalue weighted by atomic mass is 16.6. The van der Waals surface area contributed by atoms with Crippen molar-refractivity contribution in [1.82, 2.24) is 4.57 Å². The molecule has 0 N–H and O–H groups in total. The molecule has 0 fully saturated rings. The van der Waals surface area contributed by atoms with E-state index in [9.17, 15) is 14.9 Å². The van der Waals surface area contributed by atoms with Gasteiger partial charge in [0.05, 0.1) is 10.6 Å². The minimum atomic E-state index is -0.452. The van der Waals surface area contributed by atoms with Gasteiger partial charge in [-0.25, -0.2) is 0 Å². The summed E-state index contributed by atoms with van der Waals surface area (Å²) in [5, 5.41) is 10.6. The summed E-state index contributed by atoms with van der Waals surface area (Å²) < 4.78 is 1.65. The third kappa shape index (κ3) is 1.98. The van der Waals surface area contributed by atoms with Gasteiger partial charge in [0.1, 0.15) is 0 Å². The Balaban J connectivity index is 2.48. The first-order valence-electron chi connectivity index (χ1n) is 4.60. The zero-order valence-electron chi connectivity index (χ0n) is 8.24. The van der Waals surface area contributed by atoms with E-state index in [2.05, 4.69) is 0 Å². The summed E-state index contributed by atoms with van der Waals surface area (Å²) in [7, 11) is 0. The summed E-state index contributed by atoms with van der Waals surface area (Å²) in [6.45, 7) is 0. The molecular formula is C11H8N2O3. The Morgan fingerprint density at radius 1 is 1.12 bits per heavy atom. The highest BCUT2D eigenvalue weighted by Gasteiger charge is 2.05. The Morgan fingerprint density at radius 2 is 1.81 bits per heavy atom. The lowest BCUT2D eigenvalue weighted by Gasteiger charge is -2.04. The van der Waals surface area contributed by atoms with Gasteiger partial charge in [0.25, 0.3) is 5.69 Å². The van der Waals surface area contributed by atoms with Crippen LogP contribution in [0.15, 0.2) is 53.6 Å². The minimum Gasteiger partial charge on any atom is -0.323 e. The smallest absolute Gasteiger partial charge is 0.271 e. The maximum Gasteiger partial charge on any atom is 0.271 e. The number of hydrogen-bond acceptors (Lipinski definition) is 3. The Morgan fingerprint density at radius 3 is 2.44 bits per heavy atom. The molecule has 0 bridgehead atoms. The number of hydrogen-bond donors (Lipinski definition) is 0. The highest BCUT2D eigenvalue weighted by Crippen LogP contribution is 2.15. The lowest BCUT2D eigenvalue weighted by atomic mass is 10.2. The van der Waals surface area contributed by atoms with Gasteiger partial charge in [-0.3, -0.25) is 14.9 Å². The van der Waals surface area contributed by atoms with Gasteiger partial charge in [0.2, 0.25) is 0 Å². The first-order valence-corrected chi connectivity index (χ1v) is 4.60. The summed E-state index contributed by atoms with van der Waals surface area (Å²) in [6.07, 6.45) is 3.14. The predicted molar refractivity (Wildman–Crippen MR) is 58.7 cm³/mol. The number of nitro groups is 1. The summed E-state index contributed by atoms with van der Waals surface area (Å²) in [5.41, 5.74) is 0.576. The Labute approximate surface area is 90.7 Å². The van der Waals surface area contributed by atoms with Crippen molar-refractivity contribution in [2.24, 2.45) is 0 Å². The van der Waals surface area contributed by atoms with Gasteiger partial charge >= 0.3 is 0 Å². The molecule has 2 aromatic rings. The number of nitrogens with zero attached hydrogens (tertiary/aromatic N) is 2. The van der Waals surface area contributed by atoms with Gasteiger partial charge in [-0.2, -0.15) is 0 Å². The van der Waals surface area contributed by atoms with Crippen molar-refractivity contribution in [1.29, 1.82) is 0 Å². The van der Waals surface area contributed by atoms with E-state index >= 15 is 0 Å². The van der Waals surface area contributed by atoms with Gasteiger partial charge in [-0.15, -0.1) is 0 Å². The van der Waals surface area contributed by atoms with Crippen molar-refractivity contribution >= 4 is 5.69 Å². The number of benzene rings is 1. The Kier molecular flexibility index (Phi) is 2.51. The van der Waals surface area contributed by atoms with Crippen molar-refractivity contribution in [3.05, 3.63) is 69.1 Å². The van der Waals surface area contributed by atoms with E-state index in [1.165, 1.54) is 24.3 Å². The lowest BCUT2D eigenvalue weighted by molar-refractivity contribution is -0.384. The monoisotopic (exact) mass is 216 g/mol. The third-order valence-electron chi connectivity index (χ3n) is 2.14. The van der Waals surface area contributed by atoms with E-state index in [0.717, 1.165) is 0 Å². The molecule has 16 heavy (non-hydrogen) atoms. The Hall–Kier alpha value is -2.43. The van der Waals surface area contributed by atoms with Gasteiger partial charge in [-0.1, -0.05) is 6.07 Å². The van der Waals surface area contributed by atoms with Crippen LogP contribution in [0.3, 0.4) is 0 Å². The fraction of sp³-hybridized carbons (Fsp3) is 0. The standard InChI is InChI=1S/C11H8N2O3/c14-11-4-6-12(7-5-11)9-2-1-3-10(8-9)13(15)16/h1-8H. The van der Waals surface area contributed by atoms with E-state index < -0.39 is 4.92 Å². The molecule has 1 heterocycles. The van der Waals surface area contributed by atoms with Crippen LogP contribution in [0.1, 0.15) is 0 Å². The molecule has 0 aliphatic carbocycles. The highest BCUT2D eigenvalue weighted by molar-refractivity contribution is 5.43. The molecule has 0 aliphatic heterocycles. The van der Waals surface area contributed by atoms with Gasteiger partial charge in [0.15, 0.2) is 5.43 Å². The fourth-order valence-corrected chi connectivity index (χ4v) is 1.35.